The Morgan fingerprint density at radius 1 is 1.00 bits per heavy atom. The Morgan fingerprint density at radius 3 is 2.23 bits per heavy atom. The third kappa shape index (κ3) is 5.28. The highest BCUT2D eigenvalue weighted by Crippen LogP contribution is 2.19. The largest absolute Gasteiger partial charge is 0.337 e. The SMILES string of the molecule is Cc1ccc(CN(C)C(=O)C[NH+]2CCN(S(=O)(=O)c3ccc(C)c(C)c3)CC2)cc1. The van der Waals surface area contributed by atoms with Crippen LogP contribution in [0.15, 0.2) is 47.4 Å². The van der Waals surface area contributed by atoms with E-state index in [1.54, 1.807) is 21.3 Å². The fourth-order valence-electron chi connectivity index (χ4n) is 3.65. The van der Waals surface area contributed by atoms with Gasteiger partial charge in [-0.15, -0.1) is 0 Å². The van der Waals surface area contributed by atoms with Crippen molar-refractivity contribution in [3.63, 3.8) is 0 Å². The van der Waals surface area contributed by atoms with Crippen LogP contribution in [0.2, 0.25) is 0 Å². The molecule has 30 heavy (non-hydrogen) atoms. The summed E-state index contributed by atoms with van der Waals surface area (Å²) in [6, 6.07) is 13.5. The van der Waals surface area contributed by atoms with Gasteiger partial charge in [0.1, 0.15) is 0 Å². The number of hydrogen-bond acceptors (Lipinski definition) is 3. The Bertz CT molecular complexity index is 995. The smallest absolute Gasteiger partial charge is 0.277 e. The van der Waals surface area contributed by atoms with Crippen LogP contribution in [-0.2, 0) is 21.4 Å². The van der Waals surface area contributed by atoms with E-state index in [0.717, 1.165) is 21.6 Å². The predicted molar refractivity (Wildman–Crippen MR) is 118 cm³/mol. The lowest BCUT2D eigenvalue weighted by molar-refractivity contribution is -0.896. The molecule has 162 valence electrons. The van der Waals surface area contributed by atoms with E-state index in [1.807, 2.05) is 58.2 Å². The van der Waals surface area contributed by atoms with Crippen molar-refractivity contribution in [2.24, 2.45) is 0 Å². The lowest BCUT2D eigenvalue weighted by Crippen LogP contribution is -3.15. The van der Waals surface area contributed by atoms with Gasteiger partial charge in [-0.25, -0.2) is 8.42 Å². The highest BCUT2D eigenvalue weighted by atomic mass is 32.2. The zero-order valence-corrected chi connectivity index (χ0v) is 19.1. The lowest BCUT2D eigenvalue weighted by atomic mass is 10.1. The van der Waals surface area contributed by atoms with Gasteiger partial charge in [-0.05, 0) is 49.6 Å². The minimum atomic E-state index is -3.49. The van der Waals surface area contributed by atoms with Crippen LogP contribution >= 0.6 is 0 Å². The molecule has 0 saturated carbocycles. The molecule has 1 heterocycles. The van der Waals surface area contributed by atoms with Gasteiger partial charge in [0.15, 0.2) is 6.54 Å². The van der Waals surface area contributed by atoms with Crippen molar-refractivity contribution in [1.82, 2.24) is 9.21 Å². The summed E-state index contributed by atoms with van der Waals surface area (Å²) in [7, 11) is -1.67. The van der Waals surface area contributed by atoms with Gasteiger partial charge in [0.2, 0.25) is 10.0 Å². The van der Waals surface area contributed by atoms with Crippen LogP contribution in [0.5, 0.6) is 0 Å². The van der Waals surface area contributed by atoms with E-state index in [4.69, 9.17) is 0 Å². The molecule has 2 aromatic rings. The maximum Gasteiger partial charge on any atom is 0.277 e. The van der Waals surface area contributed by atoms with Crippen LogP contribution in [0.4, 0.5) is 0 Å². The number of carbonyl (C=O) groups excluding carboxylic acids is 1. The fraction of sp³-hybridized carbons (Fsp3) is 0.435. The van der Waals surface area contributed by atoms with Gasteiger partial charge in [-0.1, -0.05) is 35.9 Å². The maximum absolute atomic E-state index is 13.0. The van der Waals surface area contributed by atoms with E-state index in [0.29, 0.717) is 44.2 Å². The molecule has 1 saturated heterocycles. The number of sulfonamides is 1. The summed E-state index contributed by atoms with van der Waals surface area (Å²) in [5, 5.41) is 0. The molecule has 1 aliphatic heterocycles. The normalized spacial score (nSPS) is 15.9. The van der Waals surface area contributed by atoms with Crippen LogP contribution in [0.25, 0.3) is 0 Å². The van der Waals surface area contributed by atoms with Crippen LogP contribution < -0.4 is 4.90 Å². The first-order valence-electron chi connectivity index (χ1n) is 10.4. The first-order valence-corrected chi connectivity index (χ1v) is 11.8. The van der Waals surface area contributed by atoms with Crippen molar-refractivity contribution in [2.45, 2.75) is 32.2 Å². The molecule has 0 radical (unpaired) electrons. The minimum absolute atomic E-state index is 0.0797. The molecule has 1 amide bonds. The number of aryl methyl sites for hydroxylation is 3. The topological polar surface area (TPSA) is 62.1 Å². The van der Waals surface area contributed by atoms with Gasteiger partial charge in [-0.2, -0.15) is 4.31 Å². The van der Waals surface area contributed by atoms with Gasteiger partial charge in [-0.3, -0.25) is 4.79 Å². The van der Waals surface area contributed by atoms with E-state index in [-0.39, 0.29) is 5.91 Å². The summed E-state index contributed by atoms with van der Waals surface area (Å²) in [6.07, 6.45) is 0. The second-order valence-corrected chi connectivity index (χ2v) is 10.3. The van der Waals surface area contributed by atoms with Crippen molar-refractivity contribution >= 4 is 15.9 Å². The third-order valence-electron chi connectivity index (χ3n) is 5.91. The number of nitrogens with one attached hydrogen (secondary N) is 1. The number of likely N-dealkylation sites (N-methyl/N-ethyl adjacent to an activating group) is 1. The van der Waals surface area contributed by atoms with Crippen LogP contribution in [-0.4, -0.2) is 63.3 Å². The Labute approximate surface area is 180 Å². The molecule has 7 heteroatoms. The standard InChI is InChI=1S/C23H31N3O3S/c1-18-5-8-21(9-6-18)16-24(4)23(27)17-25-11-13-26(14-12-25)30(28,29)22-10-7-19(2)20(3)15-22/h5-10,15H,11-14,16-17H2,1-4H3/p+1. The van der Waals surface area contributed by atoms with E-state index in [1.165, 1.54) is 5.56 Å². The number of nitrogens with zero attached hydrogens (tertiary/aromatic N) is 2. The van der Waals surface area contributed by atoms with Crippen molar-refractivity contribution in [3.8, 4) is 0 Å². The number of benzene rings is 2. The molecule has 2 aromatic carbocycles. The van der Waals surface area contributed by atoms with E-state index < -0.39 is 10.0 Å². The molecule has 0 aliphatic carbocycles. The van der Waals surface area contributed by atoms with Crippen LogP contribution in [0, 0.1) is 20.8 Å². The quantitative estimate of drug-likeness (QED) is 0.748. The van der Waals surface area contributed by atoms with Crippen LogP contribution in [0.3, 0.4) is 0 Å². The van der Waals surface area contributed by atoms with Crippen LogP contribution in [0.1, 0.15) is 22.3 Å². The fourth-order valence-corrected chi connectivity index (χ4v) is 5.17. The number of rotatable bonds is 6. The van der Waals surface area contributed by atoms with E-state index in [2.05, 4.69) is 0 Å². The van der Waals surface area contributed by atoms with Gasteiger partial charge in [0.25, 0.3) is 5.91 Å². The zero-order chi connectivity index (χ0) is 21.9. The third-order valence-corrected chi connectivity index (χ3v) is 7.81. The molecule has 0 aromatic heterocycles. The summed E-state index contributed by atoms with van der Waals surface area (Å²) in [5.74, 6) is 0.0797. The van der Waals surface area contributed by atoms with Crippen molar-refractivity contribution in [3.05, 3.63) is 64.7 Å². The molecule has 6 nitrogen and oxygen atoms in total. The summed E-state index contributed by atoms with van der Waals surface area (Å²) < 4.78 is 27.5. The zero-order valence-electron chi connectivity index (χ0n) is 18.3. The number of piperazine rings is 1. The van der Waals surface area contributed by atoms with Crippen molar-refractivity contribution in [2.75, 3.05) is 39.8 Å². The van der Waals surface area contributed by atoms with Gasteiger partial charge >= 0.3 is 0 Å². The average Bonchev–Trinajstić information content (AvgIpc) is 2.72. The van der Waals surface area contributed by atoms with Gasteiger partial charge < -0.3 is 9.80 Å². The Hall–Kier alpha value is -2.22. The monoisotopic (exact) mass is 430 g/mol. The molecule has 1 N–H and O–H groups in total. The molecule has 1 aliphatic rings. The average molecular weight is 431 g/mol. The molecular formula is C23H32N3O3S+. The highest BCUT2D eigenvalue weighted by molar-refractivity contribution is 7.89. The summed E-state index contributed by atoms with van der Waals surface area (Å²) in [5.41, 5.74) is 4.36. The molecule has 0 spiro atoms. The molecule has 0 unspecified atom stereocenters. The number of amides is 1. The van der Waals surface area contributed by atoms with E-state index in [9.17, 15) is 13.2 Å². The molecule has 1 fully saturated rings. The second kappa shape index (κ2) is 9.29. The first kappa shape index (κ1) is 22.5. The molecule has 0 atom stereocenters. The predicted octanol–water partition coefficient (Wildman–Crippen LogP) is 1.16. The maximum atomic E-state index is 13.0. The lowest BCUT2D eigenvalue weighted by Gasteiger charge is -2.32. The highest BCUT2D eigenvalue weighted by Gasteiger charge is 2.31. The second-order valence-electron chi connectivity index (χ2n) is 8.31. The Morgan fingerprint density at radius 2 is 1.63 bits per heavy atom. The van der Waals surface area contributed by atoms with Gasteiger partial charge in [0.05, 0.1) is 31.1 Å². The molecule has 0 bridgehead atoms. The molecular weight excluding hydrogens is 398 g/mol. The van der Waals surface area contributed by atoms with E-state index >= 15 is 0 Å². The number of hydrogen-bond donors (Lipinski definition) is 1. The summed E-state index contributed by atoms with van der Waals surface area (Å²) in [6.45, 7) is 9.04. The number of quaternary nitrogens is 1. The van der Waals surface area contributed by atoms with Crippen molar-refractivity contribution in [1.29, 1.82) is 0 Å². The summed E-state index contributed by atoms with van der Waals surface area (Å²) >= 11 is 0. The van der Waals surface area contributed by atoms with Crippen molar-refractivity contribution < 1.29 is 18.1 Å². The molecule has 3 rings (SSSR count). The number of carbonyl (C=O) groups is 1. The Balaban J connectivity index is 1.54. The minimum Gasteiger partial charge on any atom is -0.337 e. The van der Waals surface area contributed by atoms with Gasteiger partial charge in [0, 0.05) is 13.6 Å². The summed E-state index contributed by atoms with van der Waals surface area (Å²) in [4.78, 5) is 15.8. The Kier molecular flexibility index (Phi) is 6.95. The first-order chi connectivity index (χ1) is 14.2.